The molecule has 0 aromatic rings. The van der Waals surface area contributed by atoms with Gasteiger partial charge in [-0.3, -0.25) is 0 Å². The van der Waals surface area contributed by atoms with Crippen LogP contribution in [0, 0.1) is 0 Å². The van der Waals surface area contributed by atoms with Gasteiger partial charge in [-0.25, -0.2) is 0 Å². The predicted octanol–water partition coefficient (Wildman–Crippen LogP) is 2.50. The van der Waals surface area contributed by atoms with Crippen LogP contribution in [0.15, 0.2) is 11.6 Å². The highest BCUT2D eigenvalue weighted by Gasteiger charge is 2.02. The van der Waals surface area contributed by atoms with E-state index in [4.69, 9.17) is 4.74 Å². The monoisotopic (exact) mass is 197 g/mol. The highest BCUT2D eigenvalue weighted by atomic mass is 16.5. The smallest absolute Gasteiger partial charge is 0.0590 e. The fourth-order valence-corrected chi connectivity index (χ4v) is 1.73. The Bertz CT molecular complexity index is 166. The maximum atomic E-state index is 5.38. The zero-order valence-electron chi connectivity index (χ0n) is 9.35. The Morgan fingerprint density at radius 3 is 3.00 bits per heavy atom. The molecular weight excluding hydrogens is 174 g/mol. The van der Waals surface area contributed by atoms with E-state index in [-0.39, 0.29) is 0 Å². The molecule has 1 aliphatic carbocycles. The quantitative estimate of drug-likeness (QED) is 0.477. The number of hydrogen-bond acceptors (Lipinski definition) is 2. The number of rotatable bonds is 8. The summed E-state index contributed by atoms with van der Waals surface area (Å²) in [6.45, 7) is 5.99. The minimum atomic E-state index is 0.854. The van der Waals surface area contributed by atoms with E-state index in [1.54, 1.807) is 5.57 Å². The van der Waals surface area contributed by atoms with Gasteiger partial charge in [-0.15, -0.1) is 0 Å². The first-order chi connectivity index (χ1) is 6.93. The molecule has 0 aliphatic heterocycles. The summed E-state index contributed by atoms with van der Waals surface area (Å²) in [5.74, 6) is 0. The Kier molecular flexibility index (Phi) is 6.71. The van der Waals surface area contributed by atoms with E-state index in [9.17, 15) is 0 Å². The van der Waals surface area contributed by atoms with Crippen molar-refractivity contribution in [1.82, 2.24) is 5.32 Å². The summed E-state index contributed by atoms with van der Waals surface area (Å²) >= 11 is 0. The van der Waals surface area contributed by atoms with Crippen molar-refractivity contribution in [3.05, 3.63) is 11.6 Å². The second-order valence-corrected chi connectivity index (χ2v) is 3.87. The third-order valence-electron chi connectivity index (χ3n) is 2.53. The molecular formula is C12H23NO. The Morgan fingerprint density at radius 2 is 2.29 bits per heavy atom. The van der Waals surface area contributed by atoms with E-state index in [1.165, 1.54) is 25.7 Å². The lowest BCUT2D eigenvalue weighted by atomic mass is 10.2. The summed E-state index contributed by atoms with van der Waals surface area (Å²) in [6.07, 6.45) is 8.74. The van der Waals surface area contributed by atoms with Crippen molar-refractivity contribution < 1.29 is 4.74 Å². The number of hydrogen-bond donors (Lipinski definition) is 1. The Balaban J connectivity index is 1.80. The lowest BCUT2D eigenvalue weighted by molar-refractivity contribution is 0.137. The van der Waals surface area contributed by atoms with Crippen LogP contribution in [0.5, 0.6) is 0 Å². The molecule has 1 N–H and O–H groups in total. The molecule has 0 aromatic heterocycles. The number of ether oxygens (including phenoxy) is 1. The van der Waals surface area contributed by atoms with Crippen LogP contribution in [0.3, 0.4) is 0 Å². The van der Waals surface area contributed by atoms with Gasteiger partial charge in [0.05, 0.1) is 6.61 Å². The molecule has 0 atom stereocenters. The maximum absolute atomic E-state index is 5.38. The van der Waals surface area contributed by atoms with Gasteiger partial charge in [-0.1, -0.05) is 18.6 Å². The van der Waals surface area contributed by atoms with E-state index in [1.807, 2.05) is 0 Å². The molecule has 0 saturated carbocycles. The highest BCUT2D eigenvalue weighted by molar-refractivity contribution is 5.07. The molecule has 0 amide bonds. The molecule has 0 radical (unpaired) electrons. The van der Waals surface area contributed by atoms with Crippen molar-refractivity contribution >= 4 is 0 Å². The molecule has 0 spiro atoms. The molecule has 1 rings (SSSR count). The summed E-state index contributed by atoms with van der Waals surface area (Å²) < 4.78 is 5.38. The van der Waals surface area contributed by atoms with E-state index in [0.717, 1.165) is 32.7 Å². The van der Waals surface area contributed by atoms with Crippen molar-refractivity contribution in [1.29, 1.82) is 0 Å². The fourth-order valence-electron chi connectivity index (χ4n) is 1.73. The number of nitrogens with one attached hydrogen (secondary N) is 1. The summed E-state index contributed by atoms with van der Waals surface area (Å²) in [4.78, 5) is 0. The first-order valence-electron chi connectivity index (χ1n) is 5.90. The van der Waals surface area contributed by atoms with Crippen molar-refractivity contribution in [3.8, 4) is 0 Å². The van der Waals surface area contributed by atoms with Crippen LogP contribution in [0.2, 0.25) is 0 Å². The topological polar surface area (TPSA) is 21.3 Å². The van der Waals surface area contributed by atoms with Gasteiger partial charge < -0.3 is 10.1 Å². The summed E-state index contributed by atoms with van der Waals surface area (Å²) in [5, 5.41) is 3.41. The van der Waals surface area contributed by atoms with Crippen LogP contribution in [0.25, 0.3) is 0 Å². The number of allylic oxidation sites excluding steroid dienone is 1. The molecule has 0 fully saturated rings. The van der Waals surface area contributed by atoms with Gasteiger partial charge in [-0.2, -0.15) is 0 Å². The van der Waals surface area contributed by atoms with Crippen LogP contribution in [0.4, 0.5) is 0 Å². The average molecular weight is 197 g/mol. The highest BCUT2D eigenvalue weighted by Crippen LogP contribution is 2.19. The van der Waals surface area contributed by atoms with Gasteiger partial charge >= 0.3 is 0 Å². The SMILES string of the molecule is CCCOCCNCCC1=CCCC1. The van der Waals surface area contributed by atoms with E-state index >= 15 is 0 Å². The second-order valence-electron chi connectivity index (χ2n) is 3.87. The summed E-state index contributed by atoms with van der Waals surface area (Å²) in [5.41, 5.74) is 1.65. The average Bonchev–Trinajstić information content (AvgIpc) is 2.69. The van der Waals surface area contributed by atoms with Crippen LogP contribution in [-0.4, -0.2) is 26.3 Å². The van der Waals surface area contributed by atoms with Crippen LogP contribution in [0.1, 0.15) is 39.0 Å². The molecule has 0 unspecified atom stereocenters. The van der Waals surface area contributed by atoms with Gasteiger partial charge in [0.2, 0.25) is 0 Å². The summed E-state index contributed by atoms with van der Waals surface area (Å²) in [7, 11) is 0. The second kappa shape index (κ2) is 8.01. The van der Waals surface area contributed by atoms with E-state index in [0.29, 0.717) is 0 Å². The lowest BCUT2D eigenvalue weighted by Crippen LogP contribution is -2.21. The van der Waals surface area contributed by atoms with Crippen molar-refractivity contribution in [3.63, 3.8) is 0 Å². The molecule has 2 nitrogen and oxygen atoms in total. The van der Waals surface area contributed by atoms with Crippen LogP contribution in [-0.2, 0) is 4.74 Å². The fraction of sp³-hybridized carbons (Fsp3) is 0.833. The maximum Gasteiger partial charge on any atom is 0.0590 e. The molecule has 0 saturated heterocycles. The van der Waals surface area contributed by atoms with Crippen LogP contribution >= 0.6 is 0 Å². The largest absolute Gasteiger partial charge is 0.380 e. The van der Waals surface area contributed by atoms with Crippen molar-refractivity contribution in [2.75, 3.05) is 26.3 Å². The molecule has 14 heavy (non-hydrogen) atoms. The lowest BCUT2D eigenvalue weighted by Gasteiger charge is -2.05. The zero-order valence-corrected chi connectivity index (χ0v) is 9.35. The Labute approximate surface area is 87.7 Å². The predicted molar refractivity (Wildman–Crippen MR) is 60.5 cm³/mol. The van der Waals surface area contributed by atoms with E-state index < -0.39 is 0 Å². The molecule has 0 bridgehead atoms. The molecule has 0 aromatic carbocycles. The third kappa shape index (κ3) is 5.40. The van der Waals surface area contributed by atoms with Crippen LogP contribution < -0.4 is 5.32 Å². The third-order valence-corrected chi connectivity index (χ3v) is 2.53. The molecule has 1 aliphatic rings. The zero-order chi connectivity index (χ0) is 10.1. The van der Waals surface area contributed by atoms with Crippen molar-refractivity contribution in [2.45, 2.75) is 39.0 Å². The van der Waals surface area contributed by atoms with E-state index in [2.05, 4.69) is 18.3 Å². The Hall–Kier alpha value is -0.340. The van der Waals surface area contributed by atoms with Crippen molar-refractivity contribution in [2.24, 2.45) is 0 Å². The molecule has 82 valence electrons. The first kappa shape index (κ1) is 11.7. The molecule has 2 heteroatoms. The summed E-state index contributed by atoms with van der Waals surface area (Å²) in [6, 6.07) is 0. The molecule has 0 heterocycles. The van der Waals surface area contributed by atoms with Gasteiger partial charge in [0.1, 0.15) is 0 Å². The van der Waals surface area contributed by atoms with Gasteiger partial charge in [0.15, 0.2) is 0 Å². The Morgan fingerprint density at radius 1 is 1.36 bits per heavy atom. The first-order valence-corrected chi connectivity index (χ1v) is 5.90. The minimum absolute atomic E-state index is 0.854. The standard InChI is InChI=1S/C12H23NO/c1-2-10-14-11-9-13-8-7-12-5-3-4-6-12/h5,13H,2-4,6-11H2,1H3. The normalized spacial score (nSPS) is 15.9. The van der Waals surface area contributed by atoms with Gasteiger partial charge in [-0.05, 0) is 38.6 Å². The minimum Gasteiger partial charge on any atom is -0.380 e. The van der Waals surface area contributed by atoms with Gasteiger partial charge in [0.25, 0.3) is 0 Å². The van der Waals surface area contributed by atoms with Gasteiger partial charge in [0, 0.05) is 13.2 Å².